The molecule has 2 aromatic heterocycles. The van der Waals surface area contributed by atoms with Crippen LogP contribution in [0, 0.1) is 29.4 Å². The van der Waals surface area contributed by atoms with E-state index in [4.69, 9.17) is 9.47 Å². The van der Waals surface area contributed by atoms with Gasteiger partial charge in [-0.25, -0.2) is 28.1 Å². The average molecular weight is 1270 g/mol. The number of hydrogen-bond donors (Lipinski definition) is 6. The van der Waals surface area contributed by atoms with Crippen LogP contribution in [0.25, 0.3) is 10.4 Å². The fourth-order valence-electron chi connectivity index (χ4n) is 12.6. The lowest BCUT2D eigenvalue weighted by molar-refractivity contribution is -0.145. The number of thiazole rings is 1. The van der Waals surface area contributed by atoms with E-state index < -0.39 is 64.2 Å². The Morgan fingerprint density at radius 1 is 0.833 bits per heavy atom. The van der Waals surface area contributed by atoms with Crippen molar-refractivity contribution in [3.05, 3.63) is 76.7 Å². The van der Waals surface area contributed by atoms with Crippen molar-refractivity contribution in [3.63, 3.8) is 0 Å². The predicted octanol–water partition coefficient (Wildman–Crippen LogP) is 4.64. The molecule has 10 rings (SSSR count). The van der Waals surface area contributed by atoms with Crippen LogP contribution in [0.15, 0.2) is 48.2 Å². The van der Waals surface area contributed by atoms with Crippen molar-refractivity contribution in [3.8, 4) is 16.2 Å². The van der Waals surface area contributed by atoms with Crippen molar-refractivity contribution < 1.29 is 51.7 Å². The molecular weight excluding hydrogens is 1180 g/mol. The van der Waals surface area contributed by atoms with Crippen LogP contribution in [0.1, 0.15) is 96.4 Å². The quantitative estimate of drug-likeness (QED) is 0.0524. The van der Waals surface area contributed by atoms with E-state index in [2.05, 4.69) is 75.0 Å². The van der Waals surface area contributed by atoms with E-state index in [1.54, 1.807) is 37.5 Å². The number of nitrogens with zero attached hydrogens (tertiary/aromatic N) is 9. The molecule has 4 aromatic rings. The summed E-state index contributed by atoms with van der Waals surface area (Å²) in [5.74, 6) is -1.42. The van der Waals surface area contributed by atoms with E-state index in [0.29, 0.717) is 81.4 Å². The Kier molecular flexibility index (Phi) is 20.9. The van der Waals surface area contributed by atoms with Crippen molar-refractivity contribution in [1.29, 1.82) is 0 Å². The zero-order chi connectivity index (χ0) is 64.0. The number of amides is 5. The molecule has 90 heavy (non-hydrogen) atoms. The maximum absolute atomic E-state index is 15.8. The van der Waals surface area contributed by atoms with Crippen molar-refractivity contribution in [2.45, 2.75) is 129 Å². The molecule has 3 atom stereocenters. The van der Waals surface area contributed by atoms with E-state index in [-0.39, 0.29) is 81.6 Å². The number of piperidine rings is 2. The highest BCUT2D eigenvalue weighted by Gasteiger charge is 2.53. The molecule has 5 aliphatic heterocycles. The predicted molar refractivity (Wildman–Crippen MR) is 337 cm³/mol. The van der Waals surface area contributed by atoms with Crippen molar-refractivity contribution >= 4 is 58.2 Å². The monoisotopic (exact) mass is 1270 g/mol. The summed E-state index contributed by atoms with van der Waals surface area (Å²) in [5, 5.41) is 25.7. The number of rotatable bonds is 24. The van der Waals surface area contributed by atoms with Gasteiger partial charge in [0.1, 0.15) is 60.6 Å². The summed E-state index contributed by atoms with van der Waals surface area (Å²) >= 11 is 1.48. The Hall–Kier alpha value is -6.71. The van der Waals surface area contributed by atoms with Gasteiger partial charge in [-0.2, -0.15) is 0 Å². The maximum atomic E-state index is 15.8. The fraction of sp³-hybridized carbons (Fsp3) is 0.625. The molecule has 22 nitrogen and oxygen atoms in total. The van der Waals surface area contributed by atoms with Gasteiger partial charge in [0.25, 0.3) is 5.91 Å². The van der Waals surface area contributed by atoms with Gasteiger partial charge in [0.15, 0.2) is 5.67 Å². The van der Waals surface area contributed by atoms with E-state index in [0.717, 1.165) is 80.6 Å². The highest BCUT2D eigenvalue weighted by atomic mass is 32.1. The molecule has 6 N–H and O–H groups in total. The third-order valence-corrected chi connectivity index (χ3v) is 19.5. The molecule has 0 unspecified atom stereocenters. The van der Waals surface area contributed by atoms with E-state index in [1.165, 1.54) is 28.4 Å². The summed E-state index contributed by atoms with van der Waals surface area (Å²) < 4.78 is 58.0. The lowest BCUT2D eigenvalue weighted by atomic mass is 9.82. The van der Waals surface area contributed by atoms with Gasteiger partial charge in [-0.05, 0) is 87.1 Å². The molecule has 5 saturated heterocycles. The molecule has 26 heteroatoms. The molecule has 1 spiro atoms. The first-order valence-electron chi connectivity index (χ1n) is 31.7. The van der Waals surface area contributed by atoms with Gasteiger partial charge in [-0.1, -0.05) is 46.8 Å². The fourth-order valence-corrected chi connectivity index (χ4v) is 13.4. The number of hydrogen-bond acceptors (Lipinski definition) is 18. The Labute approximate surface area is 529 Å². The number of aliphatic hydroxyl groups excluding tert-OH is 1. The molecule has 1 saturated carbocycles. The Morgan fingerprint density at radius 3 is 2.27 bits per heavy atom. The summed E-state index contributed by atoms with van der Waals surface area (Å²) in [4.78, 5) is 92.9. The smallest absolute Gasteiger partial charge is 0.258 e. The number of aryl methyl sites for hydroxylation is 1. The normalized spacial score (nSPS) is 21.4. The number of β-amino-alcohol motifs (C(OH)–C–C–N with tert-alkyl or cyclic N) is 1. The molecule has 7 heterocycles. The topological polar surface area (TPSA) is 242 Å². The summed E-state index contributed by atoms with van der Waals surface area (Å²) in [7, 11) is 0. The van der Waals surface area contributed by atoms with Crippen LogP contribution >= 0.6 is 11.3 Å². The highest BCUT2D eigenvalue weighted by molar-refractivity contribution is 7.13. The van der Waals surface area contributed by atoms with Crippen molar-refractivity contribution in [1.82, 2.24) is 55.8 Å². The number of piperazine rings is 2. The number of aromatic nitrogens is 3. The first kappa shape index (κ1) is 66.2. The summed E-state index contributed by atoms with van der Waals surface area (Å²) in [6.07, 6.45) is 3.99. The number of carbonyl (C=O) groups is 5. The molecule has 0 bridgehead atoms. The highest BCUT2D eigenvalue weighted by Crippen LogP contribution is 2.41. The molecule has 6 aliphatic rings. The van der Waals surface area contributed by atoms with Crippen LogP contribution in [0.2, 0.25) is 0 Å². The first-order valence-corrected chi connectivity index (χ1v) is 32.6. The van der Waals surface area contributed by atoms with Crippen molar-refractivity contribution in [2.75, 3.05) is 133 Å². The number of nitrogens with one attached hydrogen (secondary N) is 5. The number of anilines is 3. The van der Waals surface area contributed by atoms with Crippen LogP contribution in [-0.4, -0.2) is 217 Å². The molecule has 0 radical (unpaired) electrons. The van der Waals surface area contributed by atoms with Crippen molar-refractivity contribution in [2.24, 2.45) is 10.8 Å². The largest absolute Gasteiger partial charge is 0.491 e. The minimum absolute atomic E-state index is 0.0114. The zero-order valence-corrected chi connectivity index (χ0v) is 53.6. The third-order valence-electron chi connectivity index (χ3n) is 18.5. The molecule has 6 fully saturated rings. The number of alkyl halides is 1. The molecule has 2 aromatic carbocycles. The third kappa shape index (κ3) is 16.9. The number of ether oxygens (including phenoxy) is 2. The first-order chi connectivity index (χ1) is 42.9. The Bertz CT molecular complexity index is 3190. The van der Waals surface area contributed by atoms with Gasteiger partial charge in [-0.3, -0.25) is 38.7 Å². The summed E-state index contributed by atoms with van der Waals surface area (Å²) in [6.45, 7) is 21.4. The van der Waals surface area contributed by atoms with Crippen LogP contribution < -0.4 is 41.1 Å². The van der Waals surface area contributed by atoms with Gasteiger partial charge >= 0.3 is 0 Å². The molecule has 490 valence electrons. The van der Waals surface area contributed by atoms with E-state index in [9.17, 15) is 33.5 Å². The van der Waals surface area contributed by atoms with E-state index >= 15 is 8.78 Å². The summed E-state index contributed by atoms with van der Waals surface area (Å²) in [5.41, 5.74) is 1.43. The minimum Gasteiger partial charge on any atom is -0.491 e. The molecular formula is C64H89F3N14O8S. The lowest BCUT2D eigenvalue weighted by Gasteiger charge is -2.48. The minimum atomic E-state index is -2.00. The Balaban J connectivity index is 0.611. The van der Waals surface area contributed by atoms with Gasteiger partial charge in [0.2, 0.25) is 23.6 Å². The maximum Gasteiger partial charge on any atom is 0.258 e. The number of halogens is 3. The second-order valence-electron chi connectivity index (χ2n) is 27.1. The van der Waals surface area contributed by atoms with Gasteiger partial charge < -0.3 is 55.9 Å². The average Bonchev–Trinajstić information content (AvgIpc) is 0.910. The second-order valence-corrected chi connectivity index (χ2v) is 27.9. The lowest BCUT2D eigenvalue weighted by Crippen LogP contribution is -2.66. The second kappa shape index (κ2) is 28.4. The number of aliphatic hydroxyl groups is 1. The van der Waals surface area contributed by atoms with Crippen LogP contribution in [-0.2, 0) is 41.8 Å². The van der Waals surface area contributed by atoms with Gasteiger partial charge in [-0.15, -0.1) is 11.3 Å². The van der Waals surface area contributed by atoms with Crippen LogP contribution in [0.5, 0.6) is 5.75 Å². The van der Waals surface area contributed by atoms with Gasteiger partial charge in [0, 0.05) is 115 Å². The number of likely N-dealkylation sites (tertiary alicyclic amines) is 2. The molecule has 5 amide bonds. The number of benzene rings is 2. The Morgan fingerprint density at radius 2 is 1.57 bits per heavy atom. The zero-order valence-electron chi connectivity index (χ0n) is 52.8. The van der Waals surface area contributed by atoms with Gasteiger partial charge in [0.05, 0.1) is 53.1 Å². The van der Waals surface area contributed by atoms with Crippen LogP contribution in [0.3, 0.4) is 0 Å². The SMILES string of the molecule is Cc1ncsc1-c1ccc(CNC(=O)[C@@H]2C[C@@H](O)CN2C(=O)[C@@H](NC(=O)C2(F)CC2)C(C)(C)C)c(OCCNC(=O)COCCN2CCN(CCNc3cc(N4CCC5(CC4)CN(c4cc(F)c(CN6CCC(C)(C)CC6)cc4F)CC(=O)N5)ncn3)CC2)c1. The van der Waals surface area contributed by atoms with E-state index in [1.807, 2.05) is 31.2 Å². The standard InChI is InChI=1S/C64H89F3N14O8S/c1-42-56(90-41-73-42)43-7-8-44(34-70-58(85)50-31-46(82)36-81(50)59(86)57(61(2,3)4)74-60(87)64(67)9-10-64)51(30-43)89-27-16-69-55(84)38-88-28-26-77-24-22-76(23-25-77)21-15-68-52-33-53(72-40-71-52)79-19-13-63(14-20-79)39-80(37-54(83)75-63)49-32-47(65)45(29-48(49)66)35-78-17-11-62(5,6)12-18-78/h7-8,29-30,32-33,40-41,46,50,57,82H,9-28,31,34-39H2,1-6H3,(H,69,84)(H,70,85)(H,74,87)(H,75,83)(H,68,71,72)/t46-,50+,57-/m1/s1. The number of carbonyl (C=O) groups excluding carboxylic acids is 5. The van der Waals surface area contributed by atoms with Crippen LogP contribution in [0.4, 0.5) is 30.5 Å². The molecule has 1 aliphatic carbocycles. The summed E-state index contributed by atoms with van der Waals surface area (Å²) in [6, 6.07) is 7.96.